The summed E-state index contributed by atoms with van der Waals surface area (Å²) < 4.78 is 0. The Morgan fingerprint density at radius 2 is 1.93 bits per heavy atom. The smallest absolute Gasteiger partial charge is 0.254 e. The largest absolute Gasteiger partial charge is 0.354 e. The molecule has 3 aliphatic rings. The summed E-state index contributed by atoms with van der Waals surface area (Å²) in [5, 5.41) is 8.75. The number of rotatable bonds is 4. The molecule has 2 aliphatic heterocycles. The van der Waals surface area contributed by atoms with E-state index in [1.165, 1.54) is 16.5 Å². The van der Waals surface area contributed by atoms with Gasteiger partial charge < -0.3 is 15.5 Å². The second kappa shape index (κ2) is 7.79. The van der Waals surface area contributed by atoms with E-state index in [0.29, 0.717) is 12.5 Å². The molecule has 0 spiro atoms. The number of amides is 2. The van der Waals surface area contributed by atoms with Crippen LogP contribution in [-0.2, 0) is 17.6 Å². The number of piperidine rings is 1. The van der Waals surface area contributed by atoms with E-state index in [0.717, 1.165) is 69.1 Å². The van der Waals surface area contributed by atoms with Gasteiger partial charge in [-0.1, -0.05) is 24.3 Å². The van der Waals surface area contributed by atoms with Crippen molar-refractivity contribution in [3.8, 4) is 0 Å². The van der Waals surface area contributed by atoms with Gasteiger partial charge in [0.05, 0.1) is 6.04 Å². The summed E-state index contributed by atoms with van der Waals surface area (Å²) in [6, 6.07) is 10.5. The van der Waals surface area contributed by atoms with Gasteiger partial charge in [-0.25, -0.2) is 0 Å². The minimum Gasteiger partial charge on any atom is -0.354 e. The Balaban J connectivity index is 1.28. The quantitative estimate of drug-likeness (QED) is 0.842. The van der Waals surface area contributed by atoms with Crippen LogP contribution in [0.25, 0.3) is 10.8 Å². The van der Waals surface area contributed by atoms with E-state index >= 15 is 0 Å². The lowest BCUT2D eigenvalue weighted by atomic mass is 9.95. The molecule has 2 aromatic rings. The third-order valence-electron chi connectivity index (χ3n) is 6.86. The molecule has 29 heavy (non-hydrogen) atoms. The second-order valence-electron chi connectivity index (χ2n) is 8.77. The molecule has 2 fully saturated rings. The zero-order chi connectivity index (χ0) is 19.8. The third-order valence-corrected chi connectivity index (χ3v) is 6.86. The van der Waals surface area contributed by atoms with Crippen molar-refractivity contribution in [1.82, 2.24) is 15.5 Å². The number of aryl methyl sites for hydroxylation is 2. The molecule has 2 aromatic carbocycles. The molecule has 2 saturated heterocycles. The van der Waals surface area contributed by atoms with Crippen LogP contribution in [0, 0.1) is 5.92 Å². The maximum Gasteiger partial charge on any atom is 0.254 e. The van der Waals surface area contributed by atoms with Gasteiger partial charge in [0.1, 0.15) is 0 Å². The van der Waals surface area contributed by atoms with Crippen molar-refractivity contribution >= 4 is 22.6 Å². The van der Waals surface area contributed by atoms with Gasteiger partial charge >= 0.3 is 0 Å². The fourth-order valence-electron chi connectivity index (χ4n) is 5.30. The Kier molecular flexibility index (Phi) is 5.00. The summed E-state index contributed by atoms with van der Waals surface area (Å²) in [5.41, 5.74) is 3.56. The molecular formula is C24H29N3O2. The summed E-state index contributed by atoms with van der Waals surface area (Å²) in [7, 11) is 0. The molecule has 0 bridgehead atoms. The van der Waals surface area contributed by atoms with Crippen LogP contribution in [0.2, 0.25) is 0 Å². The van der Waals surface area contributed by atoms with Gasteiger partial charge in [-0.15, -0.1) is 0 Å². The predicted octanol–water partition coefficient (Wildman–Crippen LogP) is 2.66. The maximum absolute atomic E-state index is 13.4. The first-order valence-corrected chi connectivity index (χ1v) is 11.0. The Bertz CT molecular complexity index is 938. The first-order valence-electron chi connectivity index (χ1n) is 11.0. The van der Waals surface area contributed by atoms with Crippen molar-refractivity contribution in [2.24, 2.45) is 5.92 Å². The second-order valence-corrected chi connectivity index (χ2v) is 8.77. The number of carbonyl (C=O) groups is 2. The van der Waals surface area contributed by atoms with Crippen LogP contribution < -0.4 is 10.6 Å². The number of benzene rings is 2. The normalized spacial score (nSPS) is 23.5. The maximum atomic E-state index is 13.4. The van der Waals surface area contributed by atoms with E-state index in [-0.39, 0.29) is 17.9 Å². The SMILES string of the molecule is O=C(NCC1CCCN(C(=O)c2ccc3c4c(cccc24)CC3)C1)C1CCCN1. The highest BCUT2D eigenvalue weighted by Gasteiger charge is 2.28. The van der Waals surface area contributed by atoms with E-state index < -0.39 is 0 Å². The van der Waals surface area contributed by atoms with Crippen molar-refractivity contribution < 1.29 is 9.59 Å². The topological polar surface area (TPSA) is 61.4 Å². The summed E-state index contributed by atoms with van der Waals surface area (Å²) >= 11 is 0. The predicted molar refractivity (Wildman–Crippen MR) is 114 cm³/mol. The molecule has 0 saturated carbocycles. The molecule has 2 heterocycles. The molecule has 152 valence electrons. The minimum atomic E-state index is -0.0371. The van der Waals surface area contributed by atoms with Gasteiger partial charge in [0.15, 0.2) is 0 Å². The van der Waals surface area contributed by atoms with Gasteiger partial charge in [0.25, 0.3) is 5.91 Å². The first kappa shape index (κ1) is 18.6. The summed E-state index contributed by atoms with van der Waals surface area (Å²) in [4.78, 5) is 27.7. The lowest BCUT2D eigenvalue weighted by Gasteiger charge is -2.33. The van der Waals surface area contributed by atoms with Crippen LogP contribution >= 0.6 is 0 Å². The van der Waals surface area contributed by atoms with Crippen molar-refractivity contribution in [2.45, 2.75) is 44.6 Å². The van der Waals surface area contributed by atoms with Gasteiger partial charge in [-0.05, 0) is 79.0 Å². The highest BCUT2D eigenvalue weighted by molar-refractivity contribution is 6.09. The fraction of sp³-hybridized carbons (Fsp3) is 0.500. The number of nitrogens with zero attached hydrogens (tertiary/aromatic N) is 1. The summed E-state index contributed by atoms with van der Waals surface area (Å²) in [5.74, 6) is 0.572. The first-order chi connectivity index (χ1) is 14.2. The van der Waals surface area contributed by atoms with E-state index in [4.69, 9.17) is 0 Å². The van der Waals surface area contributed by atoms with Crippen molar-refractivity contribution in [3.63, 3.8) is 0 Å². The van der Waals surface area contributed by atoms with E-state index in [9.17, 15) is 9.59 Å². The average molecular weight is 392 g/mol. The number of nitrogens with one attached hydrogen (secondary N) is 2. The molecular weight excluding hydrogens is 362 g/mol. The summed E-state index contributed by atoms with van der Waals surface area (Å²) in [6.07, 6.45) is 6.20. The van der Waals surface area contributed by atoms with Crippen LogP contribution in [-0.4, -0.2) is 48.9 Å². The van der Waals surface area contributed by atoms with Crippen LogP contribution in [0.5, 0.6) is 0 Å². The number of carbonyl (C=O) groups excluding carboxylic acids is 2. The Hall–Kier alpha value is -2.40. The van der Waals surface area contributed by atoms with Crippen molar-refractivity contribution in [1.29, 1.82) is 0 Å². The van der Waals surface area contributed by atoms with Crippen molar-refractivity contribution in [2.75, 3.05) is 26.2 Å². The lowest BCUT2D eigenvalue weighted by molar-refractivity contribution is -0.123. The molecule has 2 N–H and O–H groups in total. The van der Waals surface area contributed by atoms with Gasteiger partial charge in [0.2, 0.25) is 5.91 Å². The minimum absolute atomic E-state index is 0.0371. The zero-order valence-corrected chi connectivity index (χ0v) is 16.9. The number of hydrogen-bond donors (Lipinski definition) is 2. The van der Waals surface area contributed by atoms with E-state index in [1.54, 1.807) is 0 Å². The van der Waals surface area contributed by atoms with Gasteiger partial charge in [-0.2, -0.15) is 0 Å². The Morgan fingerprint density at radius 1 is 1.07 bits per heavy atom. The molecule has 2 atom stereocenters. The zero-order valence-electron chi connectivity index (χ0n) is 16.9. The van der Waals surface area contributed by atoms with Crippen LogP contribution in [0.4, 0.5) is 0 Å². The molecule has 2 amide bonds. The van der Waals surface area contributed by atoms with Gasteiger partial charge in [0, 0.05) is 25.2 Å². The highest BCUT2D eigenvalue weighted by atomic mass is 16.2. The standard InChI is InChI=1S/C24H29N3O2/c28-23(21-7-2-12-25-21)26-14-16-4-3-13-27(15-16)24(29)20-11-10-18-9-8-17-5-1-6-19(20)22(17)18/h1,5-6,10-11,16,21,25H,2-4,7-9,12-15H2,(H,26,28). The highest BCUT2D eigenvalue weighted by Crippen LogP contribution is 2.33. The van der Waals surface area contributed by atoms with Crippen molar-refractivity contribution in [3.05, 3.63) is 47.0 Å². The molecule has 5 nitrogen and oxygen atoms in total. The summed E-state index contributed by atoms with van der Waals surface area (Å²) in [6.45, 7) is 3.11. The fourth-order valence-corrected chi connectivity index (χ4v) is 5.30. The molecule has 2 unspecified atom stereocenters. The lowest BCUT2D eigenvalue weighted by Crippen LogP contribution is -2.46. The molecule has 5 heteroatoms. The third kappa shape index (κ3) is 3.52. The van der Waals surface area contributed by atoms with Crippen LogP contribution in [0.15, 0.2) is 30.3 Å². The van der Waals surface area contributed by atoms with E-state index in [1.807, 2.05) is 11.0 Å². The average Bonchev–Trinajstić information content (AvgIpc) is 3.44. The van der Waals surface area contributed by atoms with E-state index in [2.05, 4.69) is 34.9 Å². The number of likely N-dealkylation sites (tertiary alicyclic amines) is 1. The molecule has 0 radical (unpaired) electrons. The Labute approximate surface area is 171 Å². The van der Waals surface area contributed by atoms with Crippen LogP contribution in [0.1, 0.15) is 47.2 Å². The van der Waals surface area contributed by atoms with Gasteiger partial charge in [-0.3, -0.25) is 9.59 Å². The Morgan fingerprint density at radius 3 is 2.76 bits per heavy atom. The monoisotopic (exact) mass is 391 g/mol. The molecule has 5 rings (SSSR count). The molecule has 0 aromatic heterocycles. The number of hydrogen-bond acceptors (Lipinski definition) is 3. The molecule has 1 aliphatic carbocycles. The van der Waals surface area contributed by atoms with Crippen LogP contribution in [0.3, 0.4) is 0 Å².